The van der Waals surface area contributed by atoms with Crippen LogP contribution in [0.5, 0.6) is 0 Å². The van der Waals surface area contributed by atoms with Gasteiger partial charge >= 0.3 is 0 Å². The van der Waals surface area contributed by atoms with Crippen LogP contribution < -0.4 is 5.32 Å². The monoisotopic (exact) mass is 271 g/mol. The third-order valence-electron chi connectivity index (χ3n) is 4.20. The van der Waals surface area contributed by atoms with Crippen molar-refractivity contribution >= 4 is 0 Å². The third kappa shape index (κ3) is 3.39. The molecule has 0 fully saturated rings. The lowest BCUT2D eigenvalue weighted by Gasteiger charge is -2.31. The summed E-state index contributed by atoms with van der Waals surface area (Å²) < 4.78 is 0. The maximum Gasteiger partial charge on any atom is 0.105 e. The molecular formula is C17H25N3. The van der Waals surface area contributed by atoms with Gasteiger partial charge < -0.3 is 0 Å². The molecule has 0 spiro atoms. The maximum atomic E-state index is 9.45. The van der Waals surface area contributed by atoms with Crippen LogP contribution in [0.1, 0.15) is 44.7 Å². The molecule has 0 amide bonds. The Morgan fingerprint density at radius 1 is 1.35 bits per heavy atom. The molecule has 0 radical (unpaired) electrons. The van der Waals surface area contributed by atoms with E-state index in [0.717, 1.165) is 32.5 Å². The summed E-state index contributed by atoms with van der Waals surface area (Å²) in [6.07, 6.45) is 1.91. The Bertz CT molecular complexity index is 466. The SMILES string of the molecule is CCCNC(C)(C#N)CC(C)N1Cc2ccccc2C1. The van der Waals surface area contributed by atoms with E-state index in [-0.39, 0.29) is 0 Å². The first-order valence-electron chi connectivity index (χ1n) is 7.55. The molecule has 0 aromatic heterocycles. The summed E-state index contributed by atoms with van der Waals surface area (Å²) >= 11 is 0. The quantitative estimate of drug-likeness (QED) is 0.864. The van der Waals surface area contributed by atoms with Crippen molar-refractivity contribution in [1.82, 2.24) is 10.2 Å². The Morgan fingerprint density at radius 2 is 1.95 bits per heavy atom. The first-order chi connectivity index (χ1) is 9.58. The Morgan fingerprint density at radius 3 is 2.45 bits per heavy atom. The molecule has 1 aliphatic rings. The van der Waals surface area contributed by atoms with Gasteiger partial charge in [0.15, 0.2) is 0 Å². The Kier molecular flexibility index (Phi) is 4.80. The summed E-state index contributed by atoms with van der Waals surface area (Å²) in [7, 11) is 0. The number of benzene rings is 1. The molecule has 20 heavy (non-hydrogen) atoms. The normalized spacial score (nSPS) is 19.1. The van der Waals surface area contributed by atoms with Crippen LogP contribution in [0.15, 0.2) is 24.3 Å². The zero-order valence-electron chi connectivity index (χ0n) is 12.8. The highest BCUT2D eigenvalue weighted by Crippen LogP contribution is 2.27. The number of hydrogen-bond acceptors (Lipinski definition) is 3. The minimum absolute atomic E-state index is 0.399. The summed E-state index contributed by atoms with van der Waals surface area (Å²) in [5.41, 5.74) is 2.43. The third-order valence-corrected chi connectivity index (χ3v) is 4.20. The van der Waals surface area contributed by atoms with Crippen molar-refractivity contribution in [3.05, 3.63) is 35.4 Å². The van der Waals surface area contributed by atoms with E-state index < -0.39 is 5.54 Å². The predicted molar refractivity (Wildman–Crippen MR) is 82.1 cm³/mol. The van der Waals surface area contributed by atoms with E-state index in [1.54, 1.807) is 0 Å². The van der Waals surface area contributed by atoms with Gasteiger partial charge in [-0.25, -0.2) is 0 Å². The number of fused-ring (bicyclic) bond motifs is 1. The van der Waals surface area contributed by atoms with Crippen LogP contribution in [0, 0.1) is 11.3 Å². The second-order valence-electron chi connectivity index (χ2n) is 6.10. The minimum atomic E-state index is -0.426. The van der Waals surface area contributed by atoms with E-state index in [0.29, 0.717) is 6.04 Å². The molecule has 1 N–H and O–H groups in total. The summed E-state index contributed by atoms with van der Waals surface area (Å²) in [5.74, 6) is 0. The second kappa shape index (κ2) is 6.39. The van der Waals surface area contributed by atoms with Gasteiger partial charge in [-0.3, -0.25) is 10.2 Å². The standard InChI is InChI=1S/C17H25N3/c1-4-9-19-17(3,13-18)10-14(2)20-11-15-7-5-6-8-16(15)12-20/h5-8,14,19H,4,9-12H2,1-3H3. The van der Waals surface area contributed by atoms with Crippen molar-refractivity contribution in [1.29, 1.82) is 5.26 Å². The van der Waals surface area contributed by atoms with Crippen molar-refractivity contribution in [2.45, 2.75) is 58.3 Å². The van der Waals surface area contributed by atoms with Crippen LogP contribution in [0.3, 0.4) is 0 Å². The first kappa shape index (κ1) is 15.0. The largest absolute Gasteiger partial charge is 0.300 e. The van der Waals surface area contributed by atoms with E-state index in [1.165, 1.54) is 11.1 Å². The van der Waals surface area contributed by atoms with E-state index in [4.69, 9.17) is 0 Å². The Hall–Kier alpha value is -1.37. The molecule has 1 aromatic carbocycles. The van der Waals surface area contributed by atoms with Gasteiger partial charge in [0.25, 0.3) is 0 Å². The lowest BCUT2D eigenvalue weighted by Crippen LogP contribution is -2.46. The molecule has 3 heteroatoms. The van der Waals surface area contributed by atoms with Crippen LogP contribution >= 0.6 is 0 Å². The molecule has 0 aliphatic carbocycles. The highest BCUT2D eigenvalue weighted by molar-refractivity contribution is 5.30. The van der Waals surface area contributed by atoms with Crippen molar-refractivity contribution in [2.24, 2.45) is 0 Å². The molecule has 1 aromatic rings. The molecule has 2 unspecified atom stereocenters. The van der Waals surface area contributed by atoms with Gasteiger partial charge in [-0.1, -0.05) is 31.2 Å². The fraction of sp³-hybridized carbons (Fsp3) is 0.588. The number of hydrogen-bond donors (Lipinski definition) is 1. The van der Waals surface area contributed by atoms with Gasteiger partial charge in [-0.05, 0) is 44.4 Å². The zero-order valence-corrected chi connectivity index (χ0v) is 12.8. The molecule has 0 saturated carbocycles. The maximum absolute atomic E-state index is 9.45. The van der Waals surface area contributed by atoms with Crippen molar-refractivity contribution < 1.29 is 0 Å². The van der Waals surface area contributed by atoms with Crippen LogP contribution in [0.25, 0.3) is 0 Å². The molecule has 108 valence electrons. The molecule has 1 aliphatic heterocycles. The summed E-state index contributed by atoms with van der Waals surface area (Å²) in [4.78, 5) is 2.47. The number of rotatable bonds is 6. The number of nitrogens with one attached hydrogen (secondary N) is 1. The number of nitriles is 1. The van der Waals surface area contributed by atoms with Crippen molar-refractivity contribution in [3.63, 3.8) is 0 Å². The Labute approximate surface area is 122 Å². The fourth-order valence-corrected chi connectivity index (χ4v) is 2.95. The van der Waals surface area contributed by atoms with Crippen LogP contribution in [-0.4, -0.2) is 23.0 Å². The lowest BCUT2D eigenvalue weighted by atomic mass is 9.94. The van der Waals surface area contributed by atoms with Gasteiger partial charge in [-0.2, -0.15) is 5.26 Å². The summed E-state index contributed by atoms with van der Waals surface area (Å²) in [6, 6.07) is 11.5. The predicted octanol–water partition coefficient (Wildman–Crippen LogP) is 3.06. The lowest BCUT2D eigenvalue weighted by molar-refractivity contribution is 0.177. The summed E-state index contributed by atoms with van der Waals surface area (Å²) in [6.45, 7) is 9.29. The van der Waals surface area contributed by atoms with Gasteiger partial charge in [0, 0.05) is 19.1 Å². The topological polar surface area (TPSA) is 39.1 Å². The molecule has 2 atom stereocenters. The van der Waals surface area contributed by atoms with E-state index in [1.807, 2.05) is 6.92 Å². The molecule has 0 bridgehead atoms. The van der Waals surface area contributed by atoms with E-state index in [9.17, 15) is 5.26 Å². The summed E-state index contributed by atoms with van der Waals surface area (Å²) in [5, 5.41) is 12.8. The van der Waals surface area contributed by atoms with Gasteiger partial charge in [0.1, 0.15) is 5.54 Å². The van der Waals surface area contributed by atoms with Crippen LogP contribution in [-0.2, 0) is 13.1 Å². The highest BCUT2D eigenvalue weighted by Gasteiger charge is 2.30. The molecular weight excluding hydrogens is 246 g/mol. The molecule has 0 saturated heterocycles. The smallest absolute Gasteiger partial charge is 0.105 e. The fourth-order valence-electron chi connectivity index (χ4n) is 2.95. The van der Waals surface area contributed by atoms with Crippen molar-refractivity contribution in [2.75, 3.05) is 6.54 Å². The average molecular weight is 271 g/mol. The Balaban J connectivity index is 1.96. The van der Waals surface area contributed by atoms with Crippen molar-refractivity contribution in [3.8, 4) is 6.07 Å². The zero-order chi connectivity index (χ0) is 14.6. The molecule has 3 nitrogen and oxygen atoms in total. The van der Waals surface area contributed by atoms with Crippen LogP contribution in [0.2, 0.25) is 0 Å². The van der Waals surface area contributed by atoms with Crippen LogP contribution in [0.4, 0.5) is 0 Å². The molecule has 1 heterocycles. The van der Waals surface area contributed by atoms with E-state index in [2.05, 4.69) is 54.4 Å². The van der Waals surface area contributed by atoms with E-state index >= 15 is 0 Å². The highest BCUT2D eigenvalue weighted by atomic mass is 15.2. The second-order valence-corrected chi connectivity index (χ2v) is 6.10. The minimum Gasteiger partial charge on any atom is -0.300 e. The number of nitrogens with zero attached hydrogens (tertiary/aromatic N) is 2. The van der Waals surface area contributed by atoms with Gasteiger partial charge in [0.05, 0.1) is 6.07 Å². The van der Waals surface area contributed by atoms with Gasteiger partial charge in [0.2, 0.25) is 0 Å². The van der Waals surface area contributed by atoms with Gasteiger partial charge in [-0.15, -0.1) is 0 Å². The first-order valence-corrected chi connectivity index (χ1v) is 7.55. The molecule has 2 rings (SSSR count). The average Bonchev–Trinajstić information content (AvgIpc) is 2.89.